The van der Waals surface area contributed by atoms with Gasteiger partial charge in [-0.25, -0.2) is 0 Å². The minimum atomic E-state index is -0.517. The Morgan fingerprint density at radius 2 is 2.29 bits per heavy atom. The van der Waals surface area contributed by atoms with Crippen molar-refractivity contribution < 1.29 is 10.1 Å². The van der Waals surface area contributed by atoms with E-state index in [1.165, 1.54) is 12.1 Å². The van der Waals surface area contributed by atoms with Crippen molar-refractivity contribution in [3.05, 3.63) is 56.3 Å². The molecule has 1 aromatic carbocycles. The van der Waals surface area contributed by atoms with Gasteiger partial charge in [0.15, 0.2) is 5.84 Å². The Hall–Kier alpha value is -2.61. The van der Waals surface area contributed by atoms with Crippen molar-refractivity contribution in [1.82, 2.24) is 0 Å². The summed E-state index contributed by atoms with van der Waals surface area (Å²) in [6.45, 7) is 0.618. The van der Waals surface area contributed by atoms with Crippen LogP contribution in [0.3, 0.4) is 0 Å². The van der Waals surface area contributed by atoms with Crippen LogP contribution < -0.4 is 10.6 Å². The molecule has 0 saturated heterocycles. The van der Waals surface area contributed by atoms with Crippen LogP contribution in [0.4, 0.5) is 11.4 Å². The molecule has 0 unspecified atom stereocenters. The topological polar surface area (TPSA) is 105 Å². The van der Waals surface area contributed by atoms with Crippen molar-refractivity contribution in [3.63, 3.8) is 0 Å². The van der Waals surface area contributed by atoms with Gasteiger partial charge in [0.05, 0.1) is 10.5 Å². The molecular weight excluding hydrogens is 292 g/mol. The quantitative estimate of drug-likeness (QED) is 0.290. The van der Waals surface area contributed by atoms with Gasteiger partial charge in [0, 0.05) is 31.4 Å². The SMILES string of the molecule is CN(Cc1ccsc1)c1ccc([N+](=O)[O-])cc1C(N)=NO. The molecule has 0 saturated carbocycles. The molecular formula is C13H14N4O3S. The molecule has 0 fully saturated rings. The van der Waals surface area contributed by atoms with Gasteiger partial charge < -0.3 is 15.8 Å². The lowest BCUT2D eigenvalue weighted by atomic mass is 10.1. The third kappa shape index (κ3) is 3.29. The highest BCUT2D eigenvalue weighted by Gasteiger charge is 2.16. The Balaban J connectivity index is 2.39. The number of anilines is 1. The van der Waals surface area contributed by atoms with E-state index in [2.05, 4.69) is 5.16 Å². The number of hydrogen-bond donors (Lipinski definition) is 2. The zero-order valence-electron chi connectivity index (χ0n) is 11.3. The maximum absolute atomic E-state index is 10.9. The van der Waals surface area contributed by atoms with Crippen LogP contribution in [0.15, 0.2) is 40.2 Å². The molecule has 2 aromatic rings. The van der Waals surface area contributed by atoms with E-state index in [9.17, 15) is 10.1 Å². The first-order valence-electron chi connectivity index (χ1n) is 6.01. The zero-order valence-corrected chi connectivity index (χ0v) is 12.1. The van der Waals surface area contributed by atoms with Gasteiger partial charge in [-0.3, -0.25) is 10.1 Å². The molecule has 0 aliphatic rings. The molecule has 2 rings (SSSR count). The molecule has 0 amide bonds. The molecule has 0 spiro atoms. The second-order valence-corrected chi connectivity index (χ2v) is 5.21. The number of benzene rings is 1. The molecule has 3 N–H and O–H groups in total. The molecule has 7 nitrogen and oxygen atoms in total. The molecule has 0 radical (unpaired) electrons. The van der Waals surface area contributed by atoms with E-state index in [1.807, 2.05) is 28.8 Å². The van der Waals surface area contributed by atoms with Gasteiger partial charge >= 0.3 is 0 Å². The summed E-state index contributed by atoms with van der Waals surface area (Å²) < 4.78 is 0. The molecule has 1 heterocycles. The molecule has 0 atom stereocenters. The summed E-state index contributed by atoms with van der Waals surface area (Å²) in [6.07, 6.45) is 0. The summed E-state index contributed by atoms with van der Waals surface area (Å²) in [5.41, 5.74) is 7.62. The van der Waals surface area contributed by atoms with Crippen molar-refractivity contribution in [1.29, 1.82) is 0 Å². The zero-order chi connectivity index (χ0) is 15.4. The lowest BCUT2D eigenvalue weighted by Crippen LogP contribution is -2.22. The maximum Gasteiger partial charge on any atom is 0.270 e. The van der Waals surface area contributed by atoms with Crippen LogP contribution in [0.5, 0.6) is 0 Å². The fraction of sp³-hybridized carbons (Fsp3) is 0.154. The smallest absolute Gasteiger partial charge is 0.270 e. The van der Waals surface area contributed by atoms with E-state index in [0.29, 0.717) is 17.8 Å². The summed E-state index contributed by atoms with van der Waals surface area (Å²) >= 11 is 1.59. The average molecular weight is 306 g/mol. The van der Waals surface area contributed by atoms with Gasteiger partial charge in [-0.15, -0.1) is 0 Å². The summed E-state index contributed by atoms with van der Waals surface area (Å²) in [7, 11) is 1.84. The van der Waals surface area contributed by atoms with Crippen molar-refractivity contribution in [2.45, 2.75) is 6.54 Å². The van der Waals surface area contributed by atoms with Gasteiger partial charge in [0.25, 0.3) is 5.69 Å². The Labute approximate surface area is 125 Å². The first kappa shape index (κ1) is 14.8. The first-order chi connectivity index (χ1) is 10.0. The van der Waals surface area contributed by atoms with E-state index in [4.69, 9.17) is 10.9 Å². The highest BCUT2D eigenvalue weighted by molar-refractivity contribution is 7.07. The minimum absolute atomic E-state index is 0.107. The largest absolute Gasteiger partial charge is 0.409 e. The molecule has 8 heteroatoms. The van der Waals surface area contributed by atoms with Crippen LogP contribution in [0, 0.1) is 10.1 Å². The van der Waals surface area contributed by atoms with Gasteiger partial charge in [0.2, 0.25) is 0 Å². The Morgan fingerprint density at radius 3 is 2.86 bits per heavy atom. The van der Waals surface area contributed by atoms with Crippen LogP contribution >= 0.6 is 11.3 Å². The number of hydrogen-bond acceptors (Lipinski definition) is 6. The standard InChI is InChI=1S/C13H14N4O3S/c1-16(7-9-4-5-21-8-9)12-3-2-10(17(19)20)6-11(12)13(14)15-18/h2-6,8,18H,7H2,1H3,(H2,14,15). The number of thiophene rings is 1. The van der Waals surface area contributed by atoms with Crippen molar-refractivity contribution in [3.8, 4) is 0 Å². The fourth-order valence-electron chi connectivity index (χ4n) is 1.97. The summed E-state index contributed by atoms with van der Waals surface area (Å²) in [5, 5.41) is 26.6. The van der Waals surface area contributed by atoms with Crippen LogP contribution in [0.2, 0.25) is 0 Å². The molecule has 21 heavy (non-hydrogen) atoms. The number of oxime groups is 1. The molecule has 0 aliphatic carbocycles. The summed E-state index contributed by atoms with van der Waals surface area (Å²) in [5.74, 6) is -0.161. The number of nitro groups is 1. The summed E-state index contributed by atoms with van der Waals surface area (Å²) in [4.78, 5) is 12.2. The van der Waals surface area contributed by atoms with E-state index < -0.39 is 4.92 Å². The second kappa shape index (κ2) is 6.23. The number of amidine groups is 1. The lowest BCUT2D eigenvalue weighted by Gasteiger charge is -2.21. The Morgan fingerprint density at radius 1 is 1.52 bits per heavy atom. The van der Waals surface area contributed by atoms with Crippen LogP contribution in [0.1, 0.15) is 11.1 Å². The van der Waals surface area contributed by atoms with E-state index in [-0.39, 0.29) is 11.5 Å². The van der Waals surface area contributed by atoms with Crippen LogP contribution in [0.25, 0.3) is 0 Å². The van der Waals surface area contributed by atoms with Gasteiger partial charge in [-0.05, 0) is 28.5 Å². The Kier molecular flexibility index (Phi) is 4.39. The minimum Gasteiger partial charge on any atom is -0.409 e. The number of nitro benzene ring substituents is 1. The highest BCUT2D eigenvalue weighted by atomic mass is 32.1. The number of rotatable bonds is 5. The van der Waals surface area contributed by atoms with Gasteiger partial charge in [0.1, 0.15) is 0 Å². The number of nitrogens with two attached hydrogens (primary N) is 1. The molecule has 1 aromatic heterocycles. The fourth-order valence-corrected chi connectivity index (χ4v) is 2.63. The third-order valence-electron chi connectivity index (χ3n) is 2.99. The second-order valence-electron chi connectivity index (χ2n) is 4.43. The van der Waals surface area contributed by atoms with Gasteiger partial charge in [-0.1, -0.05) is 5.16 Å². The highest BCUT2D eigenvalue weighted by Crippen LogP contribution is 2.26. The van der Waals surface area contributed by atoms with Crippen molar-refractivity contribution in [2.24, 2.45) is 10.9 Å². The summed E-state index contributed by atoms with van der Waals surface area (Å²) in [6, 6.07) is 6.29. The lowest BCUT2D eigenvalue weighted by molar-refractivity contribution is -0.384. The predicted molar refractivity (Wildman–Crippen MR) is 82.0 cm³/mol. The number of nitrogens with zero attached hydrogens (tertiary/aromatic N) is 3. The van der Waals surface area contributed by atoms with E-state index in [0.717, 1.165) is 5.56 Å². The monoisotopic (exact) mass is 306 g/mol. The third-order valence-corrected chi connectivity index (χ3v) is 3.72. The first-order valence-corrected chi connectivity index (χ1v) is 6.95. The Bertz CT molecular complexity index is 670. The normalized spacial score (nSPS) is 11.4. The molecule has 0 aliphatic heterocycles. The molecule has 110 valence electrons. The van der Waals surface area contributed by atoms with Crippen LogP contribution in [-0.4, -0.2) is 23.0 Å². The van der Waals surface area contributed by atoms with Crippen molar-refractivity contribution >= 4 is 28.5 Å². The molecule has 0 bridgehead atoms. The van der Waals surface area contributed by atoms with Crippen molar-refractivity contribution in [2.75, 3.05) is 11.9 Å². The maximum atomic E-state index is 10.9. The van der Waals surface area contributed by atoms with Crippen LogP contribution in [-0.2, 0) is 6.54 Å². The van der Waals surface area contributed by atoms with Gasteiger partial charge in [-0.2, -0.15) is 11.3 Å². The van der Waals surface area contributed by atoms with E-state index in [1.54, 1.807) is 17.4 Å². The predicted octanol–water partition coefficient (Wildman–Crippen LogP) is 2.39. The van der Waals surface area contributed by atoms with E-state index >= 15 is 0 Å². The number of non-ortho nitro benzene ring substituents is 1. The average Bonchev–Trinajstić information content (AvgIpc) is 2.98.